The van der Waals surface area contributed by atoms with Crippen molar-refractivity contribution in [2.45, 2.75) is 0 Å². The molecule has 3 aromatic rings. The molecule has 28 heavy (non-hydrogen) atoms. The number of anilines is 1. The van der Waals surface area contributed by atoms with E-state index in [1.165, 1.54) is 0 Å². The summed E-state index contributed by atoms with van der Waals surface area (Å²) in [4.78, 5) is 23.8. The third-order valence-corrected chi connectivity index (χ3v) is 4.57. The fourth-order valence-corrected chi connectivity index (χ4v) is 2.88. The smallest absolute Gasteiger partial charge is 0.262 e. The Balaban J connectivity index is 1.56. The molecule has 0 aromatic heterocycles. The van der Waals surface area contributed by atoms with Crippen LogP contribution >= 0.6 is 15.9 Å². The van der Waals surface area contributed by atoms with Gasteiger partial charge in [-0.25, -0.2) is 0 Å². The van der Waals surface area contributed by atoms with Crippen LogP contribution in [0.5, 0.6) is 5.75 Å². The summed E-state index contributed by atoms with van der Waals surface area (Å²) in [5, 5.41) is 5.27. The Morgan fingerprint density at radius 2 is 1.57 bits per heavy atom. The Morgan fingerprint density at radius 1 is 0.929 bits per heavy atom. The molecule has 0 atom stereocenters. The number of nitrogens with one attached hydrogen (secondary N) is 2. The van der Waals surface area contributed by atoms with Crippen molar-refractivity contribution in [2.24, 2.45) is 0 Å². The second-order valence-corrected chi connectivity index (χ2v) is 6.94. The summed E-state index contributed by atoms with van der Waals surface area (Å²) in [5.74, 6) is 0.0966. The molecule has 0 radical (unpaired) electrons. The molecule has 0 saturated carbocycles. The molecule has 2 amide bonds. The second kappa shape index (κ2) is 9.19. The van der Waals surface area contributed by atoms with Crippen molar-refractivity contribution in [3.63, 3.8) is 0 Å². The first-order valence-corrected chi connectivity index (χ1v) is 9.45. The van der Waals surface area contributed by atoms with Crippen molar-refractivity contribution in [3.05, 3.63) is 82.8 Å². The van der Waals surface area contributed by atoms with E-state index < -0.39 is 0 Å². The number of halogens is 1. The molecule has 142 valence electrons. The molecule has 0 bridgehead atoms. The summed E-state index contributed by atoms with van der Waals surface area (Å²) < 4.78 is 6.58. The highest BCUT2D eigenvalue weighted by Crippen LogP contribution is 2.24. The van der Waals surface area contributed by atoms with Gasteiger partial charge in [0.25, 0.3) is 11.8 Å². The monoisotopic (exact) mass is 438 g/mol. The highest BCUT2D eigenvalue weighted by molar-refractivity contribution is 9.10. The van der Waals surface area contributed by atoms with Crippen molar-refractivity contribution in [1.29, 1.82) is 0 Å². The Kier molecular flexibility index (Phi) is 6.45. The van der Waals surface area contributed by atoms with Gasteiger partial charge >= 0.3 is 0 Å². The molecular formula is C22H19BrN2O3. The summed E-state index contributed by atoms with van der Waals surface area (Å²) >= 11 is 3.42. The number of carbonyl (C=O) groups excluding carboxylic acids is 2. The van der Waals surface area contributed by atoms with Gasteiger partial charge in [0, 0.05) is 22.8 Å². The van der Waals surface area contributed by atoms with Crippen LogP contribution in [0.25, 0.3) is 11.1 Å². The molecule has 3 aromatic carbocycles. The first-order valence-electron chi connectivity index (χ1n) is 8.66. The van der Waals surface area contributed by atoms with Crippen LogP contribution in [0.15, 0.2) is 77.3 Å². The van der Waals surface area contributed by atoms with Gasteiger partial charge in [0.15, 0.2) is 6.61 Å². The molecule has 6 heteroatoms. The first-order chi connectivity index (χ1) is 13.5. The van der Waals surface area contributed by atoms with E-state index in [9.17, 15) is 9.59 Å². The van der Waals surface area contributed by atoms with Crippen LogP contribution in [-0.2, 0) is 4.79 Å². The van der Waals surface area contributed by atoms with Crippen LogP contribution in [0.4, 0.5) is 5.69 Å². The number of amides is 2. The van der Waals surface area contributed by atoms with Gasteiger partial charge in [-0.3, -0.25) is 9.59 Å². The Hall–Kier alpha value is -3.12. The Labute approximate surface area is 171 Å². The van der Waals surface area contributed by atoms with Crippen molar-refractivity contribution in [1.82, 2.24) is 5.32 Å². The van der Waals surface area contributed by atoms with Gasteiger partial charge in [-0.1, -0.05) is 46.3 Å². The van der Waals surface area contributed by atoms with Crippen molar-refractivity contribution >= 4 is 33.4 Å². The SMILES string of the molecule is CNC(=O)c1cccc(NC(=O)COc2ccc(-c3ccc(Br)cc3)cc2)c1. The van der Waals surface area contributed by atoms with Gasteiger partial charge in [-0.15, -0.1) is 0 Å². The predicted molar refractivity (Wildman–Crippen MR) is 114 cm³/mol. The molecule has 2 N–H and O–H groups in total. The van der Waals surface area contributed by atoms with E-state index in [0.29, 0.717) is 17.0 Å². The third-order valence-electron chi connectivity index (χ3n) is 4.04. The van der Waals surface area contributed by atoms with Crippen LogP contribution in [0.3, 0.4) is 0 Å². The number of ether oxygens (including phenoxy) is 1. The van der Waals surface area contributed by atoms with Crippen LogP contribution in [0.2, 0.25) is 0 Å². The Bertz CT molecular complexity index is 970. The van der Waals surface area contributed by atoms with Gasteiger partial charge in [0.1, 0.15) is 5.75 Å². The van der Waals surface area contributed by atoms with Gasteiger partial charge in [-0.2, -0.15) is 0 Å². The number of hydrogen-bond acceptors (Lipinski definition) is 3. The lowest BCUT2D eigenvalue weighted by molar-refractivity contribution is -0.118. The second-order valence-electron chi connectivity index (χ2n) is 6.03. The molecule has 0 saturated heterocycles. The van der Waals surface area contributed by atoms with Crippen LogP contribution in [-0.4, -0.2) is 25.5 Å². The van der Waals surface area contributed by atoms with Crippen LogP contribution < -0.4 is 15.4 Å². The normalized spacial score (nSPS) is 10.2. The lowest BCUT2D eigenvalue weighted by Crippen LogP contribution is -2.21. The zero-order chi connectivity index (χ0) is 19.9. The van der Waals surface area contributed by atoms with Crippen molar-refractivity contribution < 1.29 is 14.3 Å². The number of benzene rings is 3. The van der Waals surface area contributed by atoms with E-state index in [0.717, 1.165) is 15.6 Å². The fraction of sp³-hybridized carbons (Fsp3) is 0.0909. The van der Waals surface area contributed by atoms with Crippen molar-refractivity contribution in [2.75, 3.05) is 19.0 Å². The molecule has 0 aliphatic heterocycles. The summed E-state index contributed by atoms with van der Waals surface area (Å²) in [6.45, 7) is -0.123. The van der Waals surface area contributed by atoms with Crippen LogP contribution in [0, 0.1) is 0 Å². The maximum atomic E-state index is 12.1. The molecule has 0 aliphatic carbocycles. The number of rotatable bonds is 6. The molecule has 0 heterocycles. The molecule has 5 nitrogen and oxygen atoms in total. The quantitative estimate of drug-likeness (QED) is 0.595. The van der Waals surface area contributed by atoms with E-state index in [-0.39, 0.29) is 18.4 Å². The maximum Gasteiger partial charge on any atom is 0.262 e. The molecular weight excluding hydrogens is 420 g/mol. The maximum absolute atomic E-state index is 12.1. The largest absolute Gasteiger partial charge is 0.484 e. The van der Waals surface area contributed by atoms with Gasteiger partial charge in [-0.05, 0) is 53.6 Å². The fourth-order valence-electron chi connectivity index (χ4n) is 2.61. The lowest BCUT2D eigenvalue weighted by atomic mass is 10.1. The lowest BCUT2D eigenvalue weighted by Gasteiger charge is -2.09. The van der Waals surface area contributed by atoms with E-state index in [4.69, 9.17) is 4.74 Å². The topological polar surface area (TPSA) is 67.4 Å². The van der Waals surface area contributed by atoms with E-state index in [2.05, 4.69) is 26.6 Å². The van der Waals surface area contributed by atoms with E-state index >= 15 is 0 Å². The molecule has 0 unspecified atom stereocenters. The minimum absolute atomic E-state index is 0.123. The van der Waals surface area contributed by atoms with Gasteiger partial charge < -0.3 is 15.4 Å². The van der Waals surface area contributed by atoms with Crippen LogP contribution in [0.1, 0.15) is 10.4 Å². The van der Waals surface area contributed by atoms with Crippen molar-refractivity contribution in [3.8, 4) is 16.9 Å². The highest BCUT2D eigenvalue weighted by Gasteiger charge is 2.07. The Morgan fingerprint density at radius 3 is 2.21 bits per heavy atom. The molecule has 0 fully saturated rings. The summed E-state index contributed by atoms with van der Waals surface area (Å²) in [7, 11) is 1.56. The zero-order valence-electron chi connectivity index (χ0n) is 15.2. The molecule has 3 rings (SSSR count). The minimum atomic E-state index is -0.300. The first kappa shape index (κ1) is 19.6. The average Bonchev–Trinajstić information content (AvgIpc) is 2.73. The average molecular weight is 439 g/mol. The minimum Gasteiger partial charge on any atom is -0.484 e. The summed E-state index contributed by atoms with van der Waals surface area (Å²) in [5.41, 5.74) is 3.18. The predicted octanol–water partition coefficient (Wildman–Crippen LogP) is 4.49. The number of carbonyl (C=O) groups is 2. The summed E-state index contributed by atoms with van der Waals surface area (Å²) in [6, 6.07) is 22.3. The standard InChI is InChI=1S/C22H19BrN2O3/c1-24-22(27)17-3-2-4-19(13-17)25-21(26)14-28-20-11-7-16(8-12-20)15-5-9-18(23)10-6-15/h2-13H,14H2,1H3,(H,24,27)(H,25,26). The number of hydrogen-bond donors (Lipinski definition) is 2. The summed E-state index contributed by atoms with van der Waals surface area (Å²) in [6.07, 6.45) is 0. The van der Waals surface area contributed by atoms with E-state index in [1.54, 1.807) is 31.3 Å². The van der Waals surface area contributed by atoms with Gasteiger partial charge in [0.2, 0.25) is 0 Å². The molecule has 0 aliphatic rings. The third kappa shape index (κ3) is 5.20. The van der Waals surface area contributed by atoms with E-state index in [1.807, 2.05) is 48.5 Å². The zero-order valence-corrected chi connectivity index (χ0v) is 16.8. The van der Waals surface area contributed by atoms with Gasteiger partial charge in [0.05, 0.1) is 0 Å². The molecule has 0 spiro atoms. The highest BCUT2D eigenvalue weighted by atomic mass is 79.9.